The predicted molar refractivity (Wildman–Crippen MR) is 260 cm³/mol. The van der Waals surface area contributed by atoms with Crippen LogP contribution in [0.5, 0.6) is 17.2 Å². The smallest absolute Gasteiger partial charge is 0.335 e. The van der Waals surface area contributed by atoms with E-state index >= 15 is 0 Å². The molecule has 13 nitrogen and oxygen atoms in total. The molecule has 11 aliphatic rings. The number of aromatic hydroxyl groups is 2. The molecule has 4 aliphatic heterocycles. The molecule has 15 atom stereocenters. The van der Waals surface area contributed by atoms with Crippen molar-refractivity contribution in [2.75, 3.05) is 19.8 Å². The van der Waals surface area contributed by atoms with Gasteiger partial charge in [-0.05, 0) is 204 Å². The molecule has 0 radical (unpaired) electrons. The minimum absolute atomic E-state index is 0.0627. The SMILES string of the molecule is CC(=O)c1c(C)c(O)c2cc(C(=O)O)cc(OC3OC4C(O)CCC5OC4(CC4C6=C5CC=C6C5(CCCO)COCC6CC7(CCC8(CCCC89CCC8(CCCC8)C9)C7)CC4C65)C(O)C3O)c2c1O. The van der Waals surface area contributed by atoms with Crippen LogP contribution in [-0.2, 0) is 14.2 Å². The average molecular weight is 979 g/mol. The Balaban J connectivity index is 0.892. The molecule has 384 valence electrons. The lowest BCUT2D eigenvalue weighted by Crippen LogP contribution is -2.71. The van der Waals surface area contributed by atoms with Crippen molar-refractivity contribution in [1.82, 2.24) is 0 Å². The van der Waals surface area contributed by atoms with E-state index in [4.69, 9.17) is 18.9 Å². The molecular weight excluding hydrogens is 905 g/mol. The molecule has 2 bridgehead atoms. The number of Topliss-reactive ketones (excluding diaryl/α,β-unsaturated/α-hetero) is 1. The second-order valence-electron chi connectivity index (χ2n) is 25.5. The van der Waals surface area contributed by atoms with Gasteiger partial charge in [-0.2, -0.15) is 0 Å². The Labute approximate surface area is 416 Å². The van der Waals surface area contributed by atoms with Gasteiger partial charge in [-0.25, -0.2) is 4.79 Å². The van der Waals surface area contributed by atoms with E-state index in [9.17, 15) is 45.3 Å². The van der Waals surface area contributed by atoms with Crippen LogP contribution in [0.15, 0.2) is 34.9 Å². The van der Waals surface area contributed by atoms with E-state index in [0.717, 1.165) is 25.3 Å². The number of benzene rings is 2. The second-order valence-corrected chi connectivity index (χ2v) is 25.5. The number of carbonyl (C=O) groups is 2. The van der Waals surface area contributed by atoms with Crippen molar-refractivity contribution in [3.8, 4) is 17.2 Å². The number of aliphatic hydroxyl groups excluding tert-OH is 4. The summed E-state index contributed by atoms with van der Waals surface area (Å²) < 4.78 is 27.4. The van der Waals surface area contributed by atoms with E-state index in [1.54, 1.807) is 0 Å². The molecule has 71 heavy (non-hydrogen) atoms. The van der Waals surface area contributed by atoms with E-state index in [2.05, 4.69) is 6.08 Å². The van der Waals surface area contributed by atoms with Gasteiger partial charge in [-0.15, -0.1) is 0 Å². The van der Waals surface area contributed by atoms with E-state index in [-0.39, 0.29) is 74.8 Å². The van der Waals surface area contributed by atoms with E-state index in [0.29, 0.717) is 61.1 Å². The number of aliphatic hydroxyl groups is 4. The number of phenols is 2. The first-order valence-corrected chi connectivity index (χ1v) is 27.5. The fraction of sp³-hybridized carbons (Fsp3) is 0.724. The number of allylic oxidation sites excluding steroid dienone is 2. The van der Waals surface area contributed by atoms with Crippen LogP contribution in [0.3, 0.4) is 0 Å². The molecular formula is C58H74O13. The van der Waals surface area contributed by atoms with Crippen molar-refractivity contribution in [2.24, 2.45) is 50.7 Å². The zero-order valence-electron chi connectivity index (χ0n) is 41.6. The number of aromatic carboxylic acids is 1. The van der Waals surface area contributed by atoms with Gasteiger partial charge in [0, 0.05) is 29.6 Å². The number of carboxylic acids is 1. The highest BCUT2D eigenvalue weighted by Gasteiger charge is 2.71. The Morgan fingerprint density at radius 3 is 2.35 bits per heavy atom. The number of phenolic OH excluding ortho intramolecular Hbond substituents is 2. The van der Waals surface area contributed by atoms with Crippen LogP contribution in [0, 0.1) is 57.7 Å². The number of carboxylic acid groups (broad SMARTS) is 1. The maximum absolute atomic E-state index is 13.0. The third kappa shape index (κ3) is 6.47. The van der Waals surface area contributed by atoms with Crippen molar-refractivity contribution < 1.29 is 64.3 Å². The molecule has 3 saturated heterocycles. The van der Waals surface area contributed by atoms with Gasteiger partial charge in [0.15, 0.2) is 5.78 Å². The number of ether oxygens (including phenoxy) is 4. The molecule has 4 heterocycles. The first-order valence-electron chi connectivity index (χ1n) is 27.5. The fourth-order valence-electron chi connectivity index (χ4n) is 20.0. The Hall–Kier alpha value is -3.56. The third-order valence-corrected chi connectivity index (χ3v) is 22.5. The molecule has 13 heteroatoms. The molecule has 0 amide bonds. The Morgan fingerprint density at radius 2 is 1.62 bits per heavy atom. The first kappa shape index (κ1) is 47.2. The maximum atomic E-state index is 13.0. The largest absolute Gasteiger partial charge is 0.507 e. The van der Waals surface area contributed by atoms with Crippen molar-refractivity contribution >= 4 is 22.5 Å². The summed E-state index contributed by atoms with van der Waals surface area (Å²) in [7, 11) is 0. The molecule has 13 rings (SSSR count). The van der Waals surface area contributed by atoms with E-state index < -0.39 is 65.7 Å². The first-order chi connectivity index (χ1) is 34.0. The van der Waals surface area contributed by atoms with E-state index in [1.807, 2.05) is 0 Å². The summed E-state index contributed by atoms with van der Waals surface area (Å²) in [5.74, 6) is -2.41. The lowest BCUT2D eigenvalue weighted by molar-refractivity contribution is -0.336. The minimum Gasteiger partial charge on any atom is -0.507 e. The number of fused-ring (bicyclic) bond motifs is 6. The predicted octanol–water partition coefficient (Wildman–Crippen LogP) is 8.73. The standard InChI is InChI=1S/C58H74O13/c1-30-42(31(2)60)47(63)44-35(46(30)62)21-32(51(66)67)22-41(44)69-52-48(64)49(65)58-25-36-37-24-54(17-19-56(28-54)14-5-13-55(56)18-16-53(27-55)11-3-4-12-53)23-33-26-68-29-57(45(33)37,15-6-20-59)38-8-7-34(43(36)38)40(71-58)10-9-39(61)50(58)70-52/h8,21-22,33,36-37,39-40,45,48-50,52,59,61-65H,3-7,9-20,23-29H2,1-2H3,(H,66,67). The summed E-state index contributed by atoms with van der Waals surface area (Å²) in [6.45, 7) is 4.13. The highest BCUT2D eigenvalue weighted by atomic mass is 16.7. The summed E-state index contributed by atoms with van der Waals surface area (Å²) >= 11 is 0. The van der Waals surface area contributed by atoms with Crippen LogP contribution >= 0.6 is 0 Å². The summed E-state index contributed by atoms with van der Waals surface area (Å²) in [4.78, 5) is 25.3. The van der Waals surface area contributed by atoms with Crippen molar-refractivity contribution in [3.63, 3.8) is 0 Å². The molecule has 7 aliphatic carbocycles. The highest BCUT2D eigenvalue weighted by Crippen LogP contribution is 2.78. The molecule has 7 N–H and O–H groups in total. The van der Waals surface area contributed by atoms with Gasteiger partial charge in [-0.3, -0.25) is 4.79 Å². The van der Waals surface area contributed by atoms with Crippen LogP contribution in [0.25, 0.3) is 10.8 Å². The maximum Gasteiger partial charge on any atom is 0.335 e. The van der Waals surface area contributed by atoms with Crippen LogP contribution in [0.4, 0.5) is 0 Å². The van der Waals surface area contributed by atoms with Crippen LogP contribution in [-0.4, -0.2) is 110 Å². The van der Waals surface area contributed by atoms with Gasteiger partial charge in [0.25, 0.3) is 0 Å². The van der Waals surface area contributed by atoms with Gasteiger partial charge in [-0.1, -0.05) is 25.3 Å². The Kier molecular flexibility index (Phi) is 10.8. The lowest BCUT2D eigenvalue weighted by atomic mass is 9.42. The Bertz CT molecular complexity index is 2650. The number of hydrogen-bond acceptors (Lipinski definition) is 12. The fourth-order valence-corrected chi connectivity index (χ4v) is 20.0. The lowest BCUT2D eigenvalue weighted by Gasteiger charge is -2.64. The molecule has 2 aromatic carbocycles. The number of hydrogen-bond donors (Lipinski definition) is 7. The third-order valence-electron chi connectivity index (χ3n) is 22.5. The van der Waals surface area contributed by atoms with Crippen molar-refractivity contribution in [3.05, 3.63) is 51.6 Å². The number of carbonyl (C=O) groups excluding carboxylic acids is 1. The molecule has 9 fully saturated rings. The zero-order valence-corrected chi connectivity index (χ0v) is 41.6. The van der Waals surface area contributed by atoms with Crippen LogP contribution in [0.2, 0.25) is 0 Å². The summed E-state index contributed by atoms with van der Waals surface area (Å²) in [5, 5.41) is 81.1. The Morgan fingerprint density at radius 1 is 0.873 bits per heavy atom. The number of ketones is 1. The summed E-state index contributed by atoms with van der Waals surface area (Å²) in [6, 6.07) is 2.31. The second kappa shape index (κ2) is 16.2. The summed E-state index contributed by atoms with van der Waals surface area (Å²) in [5.41, 5.74) is 3.08. The quantitative estimate of drug-likeness (QED) is 0.102. The van der Waals surface area contributed by atoms with Gasteiger partial charge < -0.3 is 54.7 Å². The molecule has 2 aromatic rings. The monoisotopic (exact) mass is 979 g/mol. The molecule has 0 aromatic heterocycles. The van der Waals surface area contributed by atoms with Gasteiger partial charge in [0.2, 0.25) is 6.29 Å². The topological polar surface area (TPSA) is 213 Å². The van der Waals surface area contributed by atoms with Crippen LogP contribution < -0.4 is 4.74 Å². The van der Waals surface area contributed by atoms with Crippen molar-refractivity contribution in [2.45, 2.75) is 191 Å². The zero-order chi connectivity index (χ0) is 49.2. The number of rotatable bonds is 7. The van der Waals surface area contributed by atoms with Gasteiger partial charge in [0.1, 0.15) is 41.2 Å². The minimum atomic E-state index is -1.78. The molecule has 5 spiro atoms. The summed E-state index contributed by atoms with van der Waals surface area (Å²) in [6.07, 6.45) is 17.6. The highest BCUT2D eigenvalue weighted by molar-refractivity contribution is 6.11. The normalized spacial score (nSPS) is 43.7. The van der Waals surface area contributed by atoms with Crippen LogP contribution in [0.1, 0.15) is 168 Å². The average Bonchev–Trinajstić information content (AvgIpc) is 4.18. The molecule has 6 saturated carbocycles. The van der Waals surface area contributed by atoms with Gasteiger partial charge >= 0.3 is 5.97 Å². The van der Waals surface area contributed by atoms with E-state index in [1.165, 1.54) is 120 Å². The van der Waals surface area contributed by atoms with Crippen molar-refractivity contribution in [1.29, 1.82) is 0 Å². The molecule has 15 unspecified atom stereocenters. The van der Waals surface area contributed by atoms with Gasteiger partial charge in [0.05, 0.1) is 35.3 Å².